The molecule has 0 saturated carbocycles. The minimum Gasteiger partial charge on any atom is -0.265 e. The highest BCUT2D eigenvalue weighted by Gasteiger charge is 2.22. The standard InChI is InChI=1S/C7H6N4O3S/c12-15(13,14)11-9-8-6-10(11)7-4-2-1-3-5-7/h1-6H/p+1. The predicted octanol–water partition coefficient (Wildman–Crippen LogP) is -0.794. The molecule has 0 saturated heterocycles. The Bertz CT molecular complexity index is 563. The van der Waals surface area contributed by atoms with E-state index < -0.39 is 10.3 Å². The lowest BCUT2D eigenvalue weighted by Gasteiger charge is -1.97. The summed E-state index contributed by atoms with van der Waals surface area (Å²) in [4.78, 5) is 0. The number of para-hydroxylation sites is 1. The largest absolute Gasteiger partial charge is 0.419 e. The van der Waals surface area contributed by atoms with Crippen molar-refractivity contribution in [3.63, 3.8) is 0 Å². The first-order chi connectivity index (χ1) is 7.09. The van der Waals surface area contributed by atoms with Gasteiger partial charge in [-0.05, 0) is 12.1 Å². The third kappa shape index (κ3) is 1.85. The number of hydrogen-bond donors (Lipinski definition) is 1. The number of rotatable bonds is 2. The van der Waals surface area contributed by atoms with Crippen molar-refractivity contribution >= 4 is 10.3 Å². The molecule has 0 aliphatic carbocycles. The van der Waals surface area contributed by atoms with E-state index in [-0.39, 0.29) is 0 Å². The Morgan fingerprint density at radius 1 is 1.27 bits per heavy atom. The summed E-state index contributed by atoms with van der Waals surface area (Å²) in [5.74, 6) is 0. The Labute approximate surface area is 85.4 Å². The normalized spacial score (nSPS) is 11.5. The van der Waals surface area contributed by atoms with E-state index in [1.165, 1.54) is 6.33 Å². The second-order valence-corrected chi connectivity index (χ2v) is 3.92. The van der Waals surface area contributed by atoms with Crippen LogP contribution >= 0.6 is 0 Å². The lowest BCUT2D eigenvalue weighted by atomic mass is 10.3. The average molecular weight is 227 g/mol. The van der Waals surface area contributed by atoms with Crippen molar-refractivity contribution in [3.8, 4) is 5.69 Å². The first kappa shape index (κ1) is 9.74. The molecule has 1 heterocycles. The van der Waals surface area contributed by atoms with Gasteiger partial charge in [0.05, 0.1) is 4.20 Å². The van der Waals surface area contributed by atoms with Crippen molar-refractivity contribution in [1.82, 2.24) is 14.5 Å². The molecule has 0 bridgehead atoms. The topological polar surface area (TPSA) is 89.0 Å². The first-order valence-corrected chi connectivity index (χ1v) is 5.35. The average Bonchev–Trinajstić information content (AvgIpc) is 2.67. The molecular weight excluding hydrogens is 220 g/mol. The van der Waals surface area contributed by atoms with Gasteiger partial charge in [0.1, 0.15) is 10.8 Å². The Morgan fingerprint density at radius 2 is 1.93 bits per heavy atom. The molecule has 2 aromatic rings. The molecular formula is C7H7N4O3S+. The van der Waals surface area contributed by atoms with Crippen molar-refractivity contribution in [2.75, 3.05) is 0 Å². The molecule has 0 amide bonds. The highest BCUT2D eigenvalue weighted by Crippen LogP contribution is 1.96. The SMILES string of the molecule is O=S(=O)(O)n1nnc[n+]1-c1ccccc1. The Balaban J connectivity index is 2.61. The number of hydrogen-bond acceptors (Lipinski definition) is 4. The van der Waals surface area contributed by atoms with Gasteiger partial charge in [-0.2, -0.15) is 8.42 Å². The second-order valence-electron chi connectivity index (χ2n) is 2.70. The molecule has 0 spiro atoms. The Kier molecular flexibility index (Phi) is 2.21. The maximum absolute atomic E-state index is 10.9. The summed E-state index contributed by atoms with van der Waals surface area (Å²) >= 11 is 0. The van der Waals surface area contributed by atoms with Gasteiger partial charge in [-0.25, -0.2) is 0 Å². The summed E-state index contributed by atoms with van der Waals surface area (Å²) in [5.41, 5.74) is 0.528. The summed E-state index contributed by atoms with van der Waals surface area (Å²) in [6, 6.07) is 8.55. The summed E-state index contributed by atoms with van der Waals surface area (Å²) in [6.45, 7) is 0. The minimum atomic E-state index is -4.43. The highest BCUT2D eigenvalue weighted by molar-refractivity contribution is 7.83. The molecule has 0 fully saturated rings. The van der Waals surface area contributed by atoms with Gasteiger partial charge in [0.2, 0.25) is 0 Å². The third-order valence-corrected chi connectivity index (χ3v) is 2.36. The predicted molar refractivity (Wildman–Crippen MR) is 48.5 cm³/mol. The van der Waals surface area contributed by atoms with Gasteiger partial charge in [0.15, 0.2) is 5.21 Å². The van der Waals surface area contributed by atoms with Crippen LogP contribution in [0.3, 0.4) is 0 Å². The molecule has 7 nitrogen and oxygen atoms in total. The van der Waals surface area contributed by atoms with E-state index in [1.807, 2.05) is 0 Å². The van der Waals surface area contributed by atoms with Crippen molar-refractivity contribution in [2.45, 2.75) is 0 Å². The summed E-state index contributed by atoms with van der Waals surface area (Å²) in [6.07, 6.45) is 1.18. The quantitative estimate of drug-likeness (QED) is 0.536. The van der Waals surface area contributed by atoms with Crippen molar-refractivity contribution in [2.24, 2.45) is 0 Å². The molecule has 1 aromatic heterocycles. The lowest BCUT2D eigenvalue weighted by molar-refractivity contribution is -0.672. The summed E-state index contributed by atoms with van der Waals surface area (Å²) in [5, 5.41) is 6.66. The molecule has 15 heavy (non-hydrogen) atoms. The number of tetrazole rings is 1. The third-order valence-electron chi connectivity index (χ3n) is 1.70. The number of nitrogens with zero attached hydrogens (tertiary/aromatic N) is 4. The fourth-order valence-corrected chi connectivity index (χ4v) is 1.60. The van der Waals surface area contributed by atoms with Crippen LogP contribution in [0.4, 0.5) is 0 Å². The second kappa shape index (κ2) is 3.41. The molecule has 0 unspecified atom stereocenters. The summed E-state index contributed by atoms with van der Waals surface area (Å²) in [7, 11) is -4.43. The molecule has 0 atom stereocenters. The van der Waals surface area contributed by atoms with Crippen LogP contribution in [0.25, 0.3) is 5.69 Å². The van der Waals surface area contributed by atoms with E-state index >= 15 is 0 Å². The van der Waals surface area contributed by atoms with Gasteiger partial charge in [-0.3, -0.25) is 4.55 Å². The van der Waals surface area contributed by atoms with E-state index in [4.69, 9.17) is 4.55 Å². The van der Waals surface area contributed by atoms with Gasteiger partial charge in [-0.15, -0.1) is 4.68 Å². The molecule has 0 radical (unpaired) electrons. The van der Waals surface area contributed by atoms with E-state index in [9.17, 15) is 8.42 Å². The fourth-order valence-electron chi connectivity index (χ4n) is 1.11. The molecule has 1 N–H and O–H groups in total. The molecule has 78 valence electrons. The zero-order valence-corrected chi connectivity index (χ0v) is 8.24. The van der Waals surface area contributed by atoms with Crippen LogP contribution in [0.2, 0.25) is 0 Å². The maximum Gasteiger partial charge on any atom is 0.419 e. The van der Waals surface area contributed by atoms with Crippen LogP contribution in [0, 0.1) is 0 Å². The van der Waals surface area contributed by atoms with Gasteiger partial charge in [0, 0.05) is 0 Å². The van der Waals surface area contributed by atoms with Gasteiger partial charge in [-0.1, -0.05) is 18.2 Å². The molecule has 0 aliphatic rings. The van der Waals surface area contributed by atoms with Gasteiger partial charge < -0.3 is 0 Å². The Morgan fingerprint density at radius 3 is 2.53 bits per heavy atom. The first-order valence-electron chi connectivity index (χ1n) is 3.95. The fraction of sp³-hybridized carbons (Fsp3) is 0. The van der Waals surface area contributed by atoms with Crippen LogP contribution < -0.4 is 4.68 Å². The van der Waals surface area contributed by atoms with Crippen molar-refractivity contribution < 1.29 is 17.7 Å². The molecule has 0 aliphatic heterocycles. The van der Waals surface area contributed by atoms with E-state index in [2.05, 4.69) is 10.3 Å². The van der Waals surface area contributed by atoms with Crippen LogP contribution in [-0.4, -0.2) is 27.5 Å². The molecule has 1 aromatic carbocycles. The van der Waals surface area contributed by atoms with Crippen molar-refractivity contribution in [3.05, 3.63) is 36.7 Å². The van der Waals surface area contributed by atoms with E-state index in [0.717, 1.165) is 4.68 Å². The lowest BCUT2D eigenvalue weighted by Crippen LogP contribution is -2.44. The van der Waals surface area contributed by atoms with Gasteiger partial charge in [0.25, 0.3) is 6.33 Å². The van der Waals surface area contributed by atoms with E-state index in [0.29, 0.717) is 9.89 Å². The smallest absolute Gasteiger partial charge is 0.265 e. The summed E-state index contributed by atoms with van der Waals surface area (Å²) < 4.78 is 32.1. The monoisotopic (exact) mass is 227 g/mol. The zero-order chi connectivity index (χ0) is 10.9. The highest BCUT2D eigenvalue weighted by atomic mass is 32.2. The number of benzene rings is 1. The zero-order valence-electron chi connectivity index (χ0n) is 7.42. The van der Waals surface area contributed by atoms with Crippen LogP contribution in [0.5, 0.6) is 0 Å². The Hall–Kier alpha value is -1.80. The van der Waals surface area contributed by atoms with Crippen LogP contribution in [0.1, 0.15) is 0 Å². The minimum absolute atomic E-state index is 0.391. The van der Waals surface area contributed by atoms with Crippen molar-refractivity contribution in [1.29, 1.82) is 0 Å². The van der Waals surface area contributed by atoms with Crippen LogP contribution in [-0.2, 0) is 10.3 Å². The maximum atomic E-state index is 10.9. The molecule has 8 heteroatoms. The van der Waals surface area contributed by atoms with Crippen LogP contribution in [0.15, 0.2) is 36.7 Å². The van der Waals surface area contributed by atoms with E-state index in [1.54, 1.807) is 30.3 Å². The number of aromatic nitrogens is 4. The van der Waals surface area contributed by atoms with Gasteiger partial charge >= 0.3 is 10.3 Å². The molecule has 2 rings (SSSR count).